The molecule has 0 atom stereocenters. The van der Waals surface area contributed by atoms with E-state index in [1.54, 1.807) is 19.3 Å². The van der Waals surface area contributed by atoms with Crippen molar-refractivity contribution < 1.29 is 12.8 Å². The fourth-order valence-electron chi connectivity index (χ4n) is 3.01. The van der Waals surface area contributed by atoms with Crippen molar-refractivity contribution in [1.82, 2.24) is 24.5 Å². The van der Waals surface area contributed by atoms with Crippen LogP contribution in [-0.2, 0) is 10.0 Å². The van der Waals surface area contributed by atoms with E-state index < -0.39 is 10.0 Å². The summed E-state index contributed by atoms with van der Waals surface area (Å²) in [7, 11) is -3.17. The Morgan fingerprint density at radius 3 is 2.55 bits per heavy atom. The van der Waals surface area contributed by atoms with Crippen LogP contribution < -0.4 is 10.2 Å². The minimum absolute atomic E-state index is 0.110. The van der Waals surface area contributed by atoms with Gasteiger partial charge in [-0.2, -0.15) is 4.31 Å². The maximum absolute atomic E-state index is 12.0. The smallest absolute Gasteiger partial charge is 0.320 e. The van der Waals surface area contributed by atoms with E-state index in [-0.39, 0.29) is 17.7 Å². The first-order valence-electron chi connectivity index (χ1n) is 9.26. The molecule has 11 heteroatoms. The van der Waals surface area contributed by atoms with E-state index in [1.165, 1.54) is 4.31 Å². The van der Waals surface area contributed by atoms with Crippen molar-refractivity contribution in [2.75, 3.05) is 42.1 Å². The predicted octanol–water partition coefficient (Wildman–Crippen LogP) is 1.74. The van der Waals surface area contributed by atoms with Crippen LogP contribution in [0.15, 0.2) is 47.1 Å². The summed E-state index contributed by atoms with van der Waals surface area (Å²) in [6.07, 6.45) is 3.20. The first kappa shape index (κ1) is 19.3. The SMILES string of the molecule is CCS(=O)(=O)N1CCN(c2cncc(-c3nnc(Nc4ccccc4)o3)n2)CC1. The molecule has 0 radical (unpaired) electrons. The zero-order valence-corrected chi connectivity index (χ0v) is 16.7. The van der Waals surface area contributed by atoms with Crippen LogP contribution in [0, 0.1) is 0 Å². The molecule has 0 unspecified atom stereocenters. The van der Waals surface area contributed by atoms with Gasteiger partial charge < -0.3 is 14.6 Å². The first-order chi connectivity index (χ1) is 14.0. The molecule has 152 valence electrons. The molecule has 0 amide bonds. The Balaban J connectivity index is 1.46. The number of sulfonamides is 1. The molecule has 1 aliphatic rings. The van der Waals surface area contributed by atoms with E-state index >= 15 is 0 Å². The molecule has 0 bridgehead atoms. The second kappa shape index (κ2) is 8.13. The van der Waals surface area contributed by atoms with Crippen LogP contribution in [0.25, 0.3) is 11.6 Å². The van der Waals surface area contributed by atoms with Gasteiger partial charge in [0.05, 0.1) is 18.1 Å². The molecule has 1 aromatic carbocycles. The Hall–Kier alpha value is -3.05. The van der Waals surface area contributed by atoms with Crippen molar-refractivity contribution in [3.05, 3.63) is 42.7 Å². The Labute approximate surface area is 168 Å². The van der Waals surface area contributed by atoms with Crippen molar-refractivity contribution in [3.63, 3.8) is 0 Å². The monoisotopic (exact) mass is 415 g/mol. The molecule has 3 aromatic rings. The Morgan fingerprint density at radius 1 is 1.07 bits per heavy atom. The molecule has 2 aromatic heterocycles. The van der Waals surface area contributed by atoms with E-state index in [0.29, 0.717) is 37.7 Å². The van der Waals surface area contributed by atoms with Gasteiger partial charge in [-0.3, -0.25) is 4.98 Å². The van der Waals surface area contributed by atoms with Crippen molar-refractivity contribution in [3.8, 4) is 11.6 Å². The lowest BCUT2D eigenvalue weighted by atomic mass is 10.3. The van der Waals surface area contributed by atoms with Crippen molar-refractivity contribution in [1.29, 1.82) is 0 Å². The Kier molecular flexibility index (Phi) is 5.41. The summed E-state index contributed by atoms with van der Waals surface area (Å²) in [4.78, 5) is 10.8. The average molecular weight is 415 g/mol. The molecular weight excluding hydrogens is 394 g/mol. The Morgan fingerprint density at radius 2 is 1.83 bits per heavy atom. The van der Waals surface area contributed by atoms with Gasteiger partial charge in [0.15, 0.2) is 0 Å². The highest BCUT2D eigenvalue weighted by molar-refractivity contribution is 7.89. The lowest BCUT2D eigenvalue weighted by Crippen LogP contribution is -2.49. The zero-order chi connectivity index (χ0) is 20.3. The zero-order valence-electron chi connectivity index (χ0n) is 15.9. The fourth-order valence-corrected chi connectivity index (χ4v) is 4.10. The van der Waals surface area contributed by atoms with E-state index in [1.807, 2.05) is 35.2 Å². The molecule has 4 rings (SSSR count). The summed E-state index contributed by atoms with van der Waals surface area (Å²) in [6, 6.07) is 9.77. The van der Waals surface area contributed by atoms with Gasteiger partial charge in [-0.1, -0.05) is 23.3 Å². The first-order valence-corrected chi connectivity index (χ1v) is 10.9. The van der Waals surface area contributed by atoms with Crippen LogP contribution in [0.5, 0.6) is 0 Å². The van der Waals surface area contributed by atoms with Crippen LogP contribution in [0.2, 0.25) is 0 Å². The molecule has 1 aliphatic heterocycles. The third kappa shape index (κ3) is 4.35. The topological polar surface area (TPSA) is 117 Å². The minimum atomic E-state index is -3.17. The maximum atomic E-state index is 12.0. The van der Waals surface area contributed by atoms with Gasteiger partial charge >= 0.3 is 6.01 Å². The van der Waals surface area contributed by atoms with E-state index in [9.17, 15) is 8.42 Å². The van der Waals surface area contributed by atoms with Gasteiger partial charge in [0.25, 0.3) is 5.89 Å². The van der Waals surface area contributed by atoms with Crippen molar-refractivity contribution in [2.24, 2.45) is 0 Å². The van der Waals surface area contributed by atoms with Gasteiger partial charge in [0.2, 0.25) is 10.0 Å². The third-order valence-corrected chi connectivity index (χ3v) is 6.49. The number of anilines is 3. The predicted molar refractivity (Wildman–Crippen MR) is 108 cm³/mol. The number of nitrogens with one attached hydrogen (secondary N) is 1. The summed E-state index contributed by atoms with van der Waals surface area (Å²) in [6.45, 7) is 3.59. The normalized spacial score (nSPS) is 15.4. The number of nitrogens with zero attached hydrogens (tertiary/aromatic N) is 6. The largest absolute Gasteiger partial charge is 0.401 e. The van der Waals surface area contributed by atoms with E-state index in [4.69, 9.17) is 4.42 Å². The molecule has 1 saturated heterocycles. The molecular formula is C18H21N7O3S. The number of hydrogen-bond donors (Lipinski definition) is 1. The molecule has 10 nitrogen and oxygen atoms in total. The molecule has 29 heavy (non-hydrogen) atoms. The van der Waals surface area contributed by atoms with Crippen molar-refractivity contribution in [2.45, 2.75) is 6.92 Å². The standard InChI is InChI=1S/C18H21N7O3S/c1-2-29(26,27)25-10-8-24(9-11-25)16-13-19-12-15(21-16)17-22-23-18(28-17)20-14-6-4-3-5-7-14/h3-7,12-13H,2,8-11H2,1H3,(H,20,23). The molecule has 0 aliphatic carbocycles. The summed E-state index contributed by atoms with van der Waals surface area (Å²) in [5, 5.41) is 11.1. The van der Waals surface area contributed by atoms with E-state index in [2.05, 4.69) is 25.5 Å². The highest BCUT2D eigenvalue weighted by atomic mass is 32.2. The second-order valence-corrected chi connectivity index (χ2v) is 8.71. The number of rotatable bonds is 6. The molecule has 0 spiro atoms. The minimum Gasteiger partial charge on any atom is -0.401 e. The van der Waals surface area contributed by atoms with Crippen LogP contribution in [-0.4, -0.2) is 64.8 Å². The Bertz CT molecular complexity index is 1060. The van der Waals surface area contributed by atoms with Gasteiger partial charge in [-0.05, 0) is 19.1 Å². The highest BCUT2D eigenvalue weighted by Crippen LogP contribution is 2.22. The number of benzene rings is 1. The molecule has 1 fully saturated rings. The third-order valence-electron chi connectivity index (χ3n) is 4.61. The number of hydrogen-bond acceptors (Lipinski definition) is 9. The van der Waals surface area contributed by atoms with Gasteiger partial charge in [0.1, 0.15) is 11.5 Å². The summed E-state index contributed by atoms with van der Waals surface area (Å²) in [5.41, 5.74) is 1.29. The van der Waals surface area contributed by atoms with Gasteiger partial charge in [0, 0.05) is 31.9 Å². The quantitative estimate of drug-likeness (QED) is 0.642. The summed E-state index contributed by atoms with van der Waals surface area (Å²) in [5.74, 6) is 1.01. The number of para-hydroxylation sites is 1. The van der Waals surface area contributed by atoms with Crippen LogP contribution in [0.3, 0.4) is 0 Å². The second-order valence-electron chi connectivity index (χ2n) is 6.45. The summed E-state index contributed by atoms with van der Waals surface area (Å²) >= 11 is 0. The van der Waals surface area contributed by atoms with Crippen LogP contribution in [0.4, 0.5) is 17.5 Å². The van der Waals surface area contributed by atoms with Crippen molar-refractivity contribution >= 4 is 27.5 Å². The van der Waals surface area contributed by atoms with Gasteiger partial charge in [-0.15, -0.1) is 5.10 Å². The maximum Gasteiger partial charge on any atom is 0.320 e. The molecule has 1 N–H and O–H groups in total. The summed E-state index contributed by atoms with van der Waals surface area (Å²) < 4.78 is 31.2. The molecule has 0 saturated carbocycles. The lowest BCUT2D eigenvalue weighted by Gasteiger charge is -2.34. The highest BCUT2D eigenvalue weighted by Gasteiger charge is 2.26. The van der Waals surface area contributed by atoms with Gasteiger partial charge in [-0.25, -0.2) is 13.4 Å². The number of aromatic nitrogens is 4. The van der Waals surface area contributed by atoms with Crippen LogP contribution in [0.1, 0.15) is 6.92 Å². The van der Waals surface area contributed by atoms with Crippen LogP contribution >= 0.6 is 0 Å². The van der Waals surface area contributed by atoms with E-state index in [0.717, 1.165) is 5.69 Å². The lowest BCUT2D eigenvalue weighted by molar-refractivity contribution is 0.384. The molecule has 3 heterocycles. The average Bonchev–Trinajstić information content (AvgIpc) is 3.23. The number of piperazine rings is 1. The fraction of sp³-hybridized carbons (Fsp3) is 0.333.